The predicted octanol–water partition coefficient (Wildman–Crippen LogP) is 1.94. The Morgan fingerprint density at radius 3 is 2.65 bits per heavy atom. The molecule has 0 radical (unpaired) electrons. The van der Waals surface area contributed by atoms with E-state index in [0.717, 1.165) is 6.07 Å². The summed E-state index contributed by atoms with van der Waals surface area (Å²) in [6, 6.07) is 4.87. The fraction of sp³-hybridized carbons (Fsp3) is 0.125. The van der Waals surface area contributed by atoms with E-state index in [-0.39, 0.29) is 35.8 Å². The number of aromatic carboxylic acids is 1. The highest BCUT2D eigenvalue weighted by Gasteiger charge is 2.14. The van der Waals surface area contributed by atoms with Gasteiger partial charge in [0.05, 0.1) is 11.3 Å². The van der Waals surface area contributed by atoms with E-state index in [2.05, 4.69) is 25.4 Å². The van der Waals surface area contributed by atoms with Crippen LogP contribution in [0.25, 0.3) is 11.6 Å². The number of nitrogens with zero attached hydrogens (tertiary/aromatic N) is 4. The maximum Gasteiger partial charge on any atom is 0.335 e. The maximum absolute atomic E-state index is 13.8. The summed E-state index contributed by atoms with van der Waals surface area (Å²) in [5.74, 6) is -1.85. The van der Waals surface area contributed by atoms with Gasteiger partial charge in [-0.15, -0.1) is 0 Å². The number of anilines is 1. The molecule has 132 valence electrons. The van der Waals surface area contributed by atoms with Gasteiger partial charge in [0.2, 0.25) is 23.4 Å². The molecule has 9 nitrogen and oxygen atoms in total. The lowest BCUT2D eigenvalue weighted by molar-refractivity contribution is -0.116. The highest BCUT2D eigenvalue weighted by molar-refractivity contribution is 5.92. The predicted molar refractivity (Wildman–Crippen MR) is 85.6 cm³/mol. The number of amides is 1. The van der Waals surface area contributed by atoms with Crippen LogP contribution in [0, 0.1) is 5.82 Å². The van der Waals surface area contributed by atoms with Crippen molar-refractivity contribution >= 4 is 17.6 Å². The van der Waals surface area contributed by atoms with Gasteiger partial charge >= 0.3 is 5.97 Å². The van der Waals surface area contributed by atoms with Crippen LogP contribution in [0.5, 0.6) is 0 Å². The number of carboxylic acids is 1. The van der Waals surface area contributed by atoms with Crippen molar-refractivity contribution < 1.29 is 23.6 Å². The SMILES string of the molecule is O=C(CCc1nc(-c2ncccn2)no1)Nc1ccc(C(=O)O)cc1F. The molecule has 10 heteroatoms. The van der Waals surface area contributed by atoms with Crippen LogP contribution in [0.4, 0.5) is 10.1 Å². The summed E-state index contributed by atoms with van der Waals surface area (Å²) >= 11 is 0. The van der Waals surface area contributed by atoms with Gasteiger partial charge in [0, 0.05) is 25.2 Å². The Kier molecular flexibility index (Phi) is 4.92. The van der Waals surface area contributed by atoms with Gasteiger partial charge in [-0.1, -0.05) is 5.16 Å². The highest BCUT2D eigenvalue weighted by Crippen LogP contribution is 2.17. The summed E-state index contributed by atoms with van der Waals surface area (Å²) in [5, 5.41) is 14.9. The number of carbonyl (C=O) groups is 2. The second-order valence-electron chi connectivity index (χ2n) is 5.13. The molecule has 0 aliphatic heterocycles. The number of carboxylic acid groups (broad SMARTS) is 1. The van der Waals surface area contributed by atoms with Crippen molar-refractivity contribution in [2.45, 2.75) is 12.8 Å². The smallest absolute Gasteiger partial charge is 0.335 e. The van der Waals surface area contributed by atoms with Crippen molar-refractivity contribution in [1.29, 1.82) is 0 Å². The van der Waals surface area contributed by atoms with E-state index >= 15 is 0 Å². The Hall–Kier alpha value is -3.69. The molecule has 0 unspecified atom stereocenters. The van der Waals surface area contributed by atoms with Crippen molar-refractivity contribution in [3.8, 4) is 11.6 Å². The van der Waals surface area contributed by atoms with Crippen molar-refractivity contribution in [1.82, 2.24) is 20.1 Å². The third-order valence-electron chi connectivity index (χ3n) is 3.29. The lowest BCUT2D eigenvalue weighted by Gasteiger charge is -2.06. The molecule has 0 saturated carbocycles. The van der Waals surface area contributed by atoms with Gasteiger partial charge in [-0.2, -0.15) is 4.98 Å². The molecule has 0 bridgehead atoms. The van der Waals surface area contributed by atoms with Gasteiger partial charge < -0.3 is 14.9 Å². The van der Waals surface area contributed by atoms with Crippen LogP contribution in [0.15, 0.2) is 41.2 Å². The van der Waals surface area contributed by atoms with Gasteiger partial charge in [0.25, 0.3) is 0 Å². The van der Waals surface area contributed by atoms with Crippen molar-refractivity contribution in [2.75, 3.05) is 5.32 Å². The molecule has 1 amide bonds. The average molecular weight is 357 g/mol. The Balaban J connectivity index is 1.58. The molecule has 0 fully saturated rings. The molecule has 0 atom stereocenters. The summed E-state index contributed by atoms with van der Waals surface area (Å²) in [7, 11) is 0. The molecule has 26 heavy (non-hydrogen) atoms. The van der Waals surface area contributed by atoms with Crippen LogP contribution in [-0.4, -0.2) is 37.1 Å². The topological polar surface area (TPSA) is 131 Å². The fourth-order valence-corrected chi connectivity index (χ4v) is 2.04. The van der Waals surface area contributed by atoms with E-state index in [9.17, 15) is 14.0 Å². The van der Waals surface area contributed by atoms with Gasteiger partial charge in [-0.25, -0.2) is 19.2 Å². The second-order valence-corrected chi connectivity index (χ2v) is 5.13. The number of hydrogen-bond acceptors (Lipinski definition) is 7. The molecule has 2 heterocycles. The van der Waals surface area contributed by atoms with E-state index in [1.807, 2.05) is 0 Å². The largest absolute Gasteiger partial charge is 0.478 e. The minimum Gasteiger partial charge on any atom is -0.478 e. The average Bonchev–Trinajstić information content (AvgIpc) is 3.11. The van der Waals surface area contributed by atoms with Crippen molar-refractivity contribution in [2.24, 2.45) is 0 Å². The van der Waals surface area contributed by atoms with E-state index < -0.39 is 17.7 Å². The Labute approximate surface area is 145 Å². The molecule has 0 saturated heterocycles. The molecule has 2 N–H and O–H groups in total. The first-order chi connectivity index (χ1) is 12.5. The lowest BCUT2D eigenvalue weighted by atomic mass is 10.2. The Morgan fingerprint density at radius 2 is 1.96 bits per heavy atom. The van der Waals surface area contributed by atoms with Gasteiger partial charge in [0.15, 0.2) is 0 Å². The van der Waals surface area contributed by atoms with E-state index in [4.69, 9.17) is 9.63 Å². The second kappa shape index (κ2) is 7.47. The van der Waals surface area contributed by atoms with Crippen LogP contribution in [-0.2, 0) is 11.2 Å². The number of aryl methyl sites for hydroxylation is 1. The van der Waals surface area contributed by atoms with Crippen LogP contribution >= 0.6 is 0 Å². The first kappa shape index (κ1) is 17.1. The number of halogens is 1. The summed E-state index contributed by atoms with van der Waals surface area (Å²) in [4.78, 5) is 34.7. The minimum atomic E-state index is -1.25. The lowest BCUT2D eigenvalue weighted by Crippen LogP contribution is -2.14. The molecular formula is C16H12FN5O4. The van der Waals surface area contributed by atoms with E-state index in [0.29, 0.717) is 5.82 Å². The summed E-state index contributed by atoms with van der Waals surface area (Å²) < 4.78 is 18.8. The summed E-state index contributed by atoms with van der Waals surface area (Å²) in [5.41, 5.74) is -0.314. The molecular weight excluding hydrogens is 345 g/mol. The van der Waals surface area contributed by atoms with E-state index in [1.54, 1.807) is 6.07 Å². The van der Waals surface area contributed by atoms with Crippen LogP contribution < -0.4 is 5.32 Å². The van der Waals surface area contributed by atoms with Crippen LogP contribution in [0.2, 0.25) is 0 Å². The summed E-state index contributed by atoms with van der Waals surface area (Å²) in [6.07, 6.45) is 3.18. The first-order valence-electron chi connectivity index (χ1n) is 7.45. The van der Waals surface area contributed by atoms with Gasteiger partial charge in [-0.05, 0) is 24.3 Å². The number of aromatic nitrogens is 4. The number of benzene rings is 1. The van der Waals surface area contributed by atoms with Gasteiger partial charge in [0.1, 0.15) is 5.82 Å². The van der Waals surface area contributed by atoms with Crippen LogP contribution in [0.1, 0.15) is 22.7 Å². The molecule has 3 rings (SSSR count). The first-order valence-corrected chi connectivity index (χ1v) is 7.45. The third kappa shape index (κ3) is 4.04. The Morgan fingerprint density at radius 1 is 1.19 bits per heavy atom. The third-order valence-corrected chi connectivity index (χ3v) is 3.29. The minimum absolute atomic E-state index is 0.0304. The number of rotatable bonds is 6. The zero-order valence-corrected chi connectivity index (χ0v) is 13.2. The maximum atomic E-state index is 13.8. The van der Waals surface area contributed by atoms with Gasteiger partial charge in [-0.3, -0.25) is 4.79 Å². The number of carbonyl (C=O) groups excluding carboxylic acids is 1. The normalized spacial score (nSPS) is 10.5. The van der Waals surface area contributed by atoms with E-state index in [1.165, 1.54) is 24.5 Å². The standard InChI is InChI=1S/C16H12FN5O4/c17-10-8-9(16(24)25)2-3-11(10)20-12(23)4-5-13-21-15(22-26-13)14-18-6-1-7-19-14/h1-3,6-8H,4-5H2,(H,20,23)(H,24,25). The molecule has 0 spiro atoms. The number of nitrogens with one attached hydrogen (secondary N) is 1. The monoisotopic (exact) mass is 357 g/mol. The zero-order chi connectivity index (χ0) is 18.5. The molecule has 3 aromatic rings. The Bertz CT molecular complexity index is 945. The molecule has 0 aliphatic carbocycles. The number of hydrogen-bond donors (Lipinski definition) is 2. The highest BCUT2D eigenvalue weighted by atomic mass is 19.1. The molecule has 0 aliphatic rings. The quantitative estimate of drug-likeness (QED) is 0.684. The zero-order valence-electron chi connectivity index (χ0n) is 13.2. The van der Waals surface area contributed by atoms with Crippen molar-refractivity contribution in [3.05, 3.63) is 53.9 Å². The van der Waals surface area contributed by atoms with Crippen molar-refractivity contribution in [3.63, 3.8) is 0 Å². The molecule has 2 aromatic heterocycles. The van der Waals surface area contributed by atoms with Crippen LogP contribution in [0.3, 0.4) is 0 Å². The molecule has 1 aromatic carbocycles. The summed E-state index contributed by atoms with van der Waals surface area (Å²) in [6.45, 7) is 0. The fourth-order valence-electron chi connectivity index (χ4n) is 2.04.